The number of hydrogen-bond acceptors (Lipinski definition) is 2. The van der Waals surface area contributed by atoms with Crippen LogP contribution in [0.1, 0.15) is 11.1 Å². The Labute approximate surface area is 89.0 Å². The van der Waals surface area contributed by atoms with Crippen LogP contribution in [-0.4, -0.2) is 23.5 Å². The van der Waals surface area contributed by atoms with Crippen molar-refractivity contribution in [3.8, 4) is 0 Å². The highest BCUT2D eigenvalue weighted by atomic mass is 35.5. The largest absolute Gasteiger partial charge is 0.311 e. The third-order valence-corrected chi connectivity index (χ3v) is 2.56. The Balaban J connectivity index is 2.30. The Morgan fingerprint density at radius 2 is 2.36 bits per heavy atom. The van der Waals surface area contributed by atoms with Gasteiger partial charge in [-0.3, -0.25) is 4.98 Å². The molecule has 2 rings (SSSR count). The molecule has 0 saturated heterocycles. The number of aromatic nitrogens is 1. The third kappa shape index (κ3) is 2.14. The number of aryl methyl sites for hydroxylation is 1. The highest BCUT2D eigenvalue weighted by Gasteiger charge is 2.11. The standard InChI is InChI=1S/C11H13ClN2/c1-8-2-9(5-13-4-8)10-3-11(12)7-14-6-10/h2-5,11,14H,6-7H2,1H3. The number of halogens is 1. The van der Waals surface area contributed by atoms with E-state index in [1.165, 1.54) is 16.7 Å². The zero-order valence-electron chi connectivity index (χ0n) is 8.13. The van der Waals surface area contributed by atoms with Gasteiger partial charge >= 0.3 is 0 Å². The van der Waals surface area contributed by atoms with Crippen molar-refractivity contribution in [1.82, 2.24) is 10.3 Å². The maximum absolute atomic E-state index is 6.04. The zero-order chi connectivity index (χ0) is 9.97. The van der Waals surface area contributed by atoms with Gasteiger partial charge in [0.25, 0.3) is 0 Å². The molecule has 2 heterocycles. The summed E-state index contributed by atoms with van der Waals surface area (Å²) in [6, 6.07) is 2.13. The van der Waals surface area contributed by atoms with E-state index in [9.17, 15) is 0 Å². The zero-order valence-corrected chi connectivity index (χ0v) is 8.88. The Kier molecular flexibility index (Phi) is 2.85. The van der Waals surface area contributed by atoms with Crippen molar-refractivity contribution in [3.05, 3.63) is 35.7 Å². The van der Waals surface area contributed by atoms with E-state index in [0.29, 0.717) is 0 Å². The molecule has 1 aromatic rings. The molecular weight excluding hydrogens is 196 g/mol. The average Bonchev–Trinajstić information content (AvgIpc) is 2.18. The maximum atomic E-state index is 6.04. The van der Waals surface area contributed by atoms with Gasteiger partial charge in [0, 0.05) is 25.5 Å². The number of nitrogens with one attached hydrogen (secondary N) is 1. The fourth-order valence-electron chi connectivity index (χ4n) is 1.61. The van der Waals surface area contributed by atoms with Crippen molar-refractivity contribution in [2.45, 2.75) is 12.3 Å². The molecule has 2 nitrogen and oxygen atoms in total. The summed E-state index contributed by atoms with van der Waals surface area (Å²) >= 11 is 6.04. The first kappa shape index (κ1) is 9.69. The van der Waals surface area contributed by atoms with E-state index in [1.807, 2.05) is 19.3 Å². The third-order valence-electron chi connectivity index (χ3n) is 2.28. The van der Waals surface area contributed by atoms with Crippen LogP contribution in [0.2, 0.25) is 0 Å². The van der Waals surface area contributed by atoms with E-state index in [-0.39, 0.29) is 5.38 Å². The van der Waals surface area contributed by atoms with Crippen molar-refractivity contribution in [1.29, 1.82) is 0 Å². The van der Waals surface area contributed by atoms with Crippen LogP contribution in [0.25, 0.3) is 5.57 Å². The summed E-state index contributed by atoms with van der Waals surface area (Å²) in [4.78, 5) is 4.17. The topological polar surface area (TPSA) is 24.9 Å². The number of alkyl halides is 1. The minimum absolute atomic E-state index is 0.0965. The normalized spacial score (nSPS) is 21.9. The summed E-state index contributed by atoms with van der Waals surface area (Å²) in [5.74, 6) is 0. The number of rotatable bonds is 1. The van der Waals surface area contributed by atoms with Crippen LogP contribution in [0.3, 0.4) is 0 Å². The molecule has 1 unspecified atom stereocenters. The van der Waals surface area contributed by atoms with Crippen LogP contribution in [0, 0.1) is 6.92 Å². The monoisotopic (exact) mass is 208 g/mol. The Morgan fingerprint density at radius 3 is 3.07 bits per heavy atom. The molecular formula is C11H13ClN2. The molecule has 1 aliphatic rings. The molecule has 0 aliphatic carbocycles. The maximum Gasteiger partial charge on any atom is 0.0647 e. The van der Waals surface area contributed by atoms with Gasteiger partial charge in [-0.25, -0.2) is 0 Å². The van der Waals surface area contributed by atoms with Crippen molar-refractivity contribution in [2.24, 2.45) is 0 Å². The molecule has 1 aromatic heterocycles. The second-order valence-corrected chi connectivity index (χ2v) is 4.15. The molecule has 1 atom stereocenters. The van der Waals surface area contributed by atoms with Crippen LogP contribution < -0.4 is 5.32 Å². The molecule has 0 aromatic carbocycles. The van der Waals surface area contributed by atoms with Crippen LogP contribution in [0.4, 0.5) is 0 Å². The predicted octanol–water partition coefficient (Wildman–Crippen LogP) is 1.98. The van der Waals surface area contributed by atoms with Gasteiger partial charge in [0.05, 0.1) is 5.38 Å². The van der Waals surface area contributed by atoms with Gasteiger partial charge in [-0.05, 0) is 29.7 Å². The SMILES string of the molecule is Cc1cncc(C2=CC(Cl)CNC2)c1. The van der Waals surface area contributed by atoms with Gasteiger partial charge < -0.3 is 5.32 Å². The van der Waals surface area contributed by atoms with Gasteiger partial charge in [0.15, 0.2) is 0 Å². The van der Waals surface area contributed by atoms with Crippen LogP contribution in [-0.2, 0) is 0 Å². The average molecular weight is 209 g/mol. The van der Waals surface area contributed by atoms with Gasteiger partial charge in [-0.1, -0.05) is 6.08 Å². The first-order valence-corrected chi connectivity index (χ1v) is 5.17. The van der Waals surface area contributed by atoms with Crippen LogP contribution in [0.15, 0.2) is 24.5 Å². The summed E-state index contributed by atoms with van der Waals surface area (Å²) in [6.07, 6.45) is 5.85. The van der Waals surface area contributed by atoms with Gasteiger partial charge in [-0.15, -0.1) is 11.6 Å². The molecule has 3 heteroatoms. The van der Waals surface area contributed by atoms with E-state index >= 15 is 0 Å². The van der Waals surface area contributed by atoms with E-state index in [1.54, 1.807) is 0 Å². The van der Waals surface area contributed by atoms with Crippen molar-refractivity contribution in [3.63, 3.8) is 0 Å². The second kappa shape index (κ2) is 4.11. The Bertz CT molecular complexity index is 360. The molecule has 1 N–H and O–H groups in total. The number of hydrogen-bond donors (Lipinski definition) is 1. The lowest BCUT2D eigenvalue weighted by atomic mass is 10.0. The van der Waals surface area contributed by atoms with Crippen molar-refractivity contribution < 1.29 is 0 Å². The minimum atomic E-state index is 0.0965. The molecule has 0 radical (unpaired) electrons. The highest BCUT2D eigenvalue weighted by molar-refractivity contribution is 6.22. The van der Waals surface area contributed by atoms with E-state index in [2.05, 4.69) is 22.4 Å². The van der Waals surface area contributed by atoms with Crippen LogP contribution >= 0.6 is 11.6 Å². The first-order chi connectivity index (χ1) is 6.75. The van der Waals surface area contributed by atoms with Gasteiger partial charge in [-0.2, -0.15) is 0 Å². The lowest BCUT2D eigenvalue weighted by Crippen LogP contribution is -2.28. The second-order valence-electron chi connectivity index (χ2n) is 3.59. The fourth-order valence-corrected chi connectivity index (χ4v) is 1.87. The number of pyridine rings is 1. The highest BCUT2D eigenvalue weighted by Crippen LogP contribution is 2.18. The first-order valence-electron chi connectivity index (χ1n) is 4.73. The summed E-state index contributed by atoms with van der Waals surface area (Å²) in [5.41, 5.74) is 3.59. The lowest BCUT2D eigenvalue weighted by molar-refractivity contribution is 0.743. The Hall–Kier alpha value is -0.860. The van der Waals surface area contributed by atoms with Crippen molar-refractivity contribution in [2.75, 3.05) is 13.1 Å². The summed E-state index contributed by atoms with van der Waals surface area (Å²) < 4.78 is 0. The molecule has 14 heavy (non-hydrogen) atoms. The molecule has 0 fully saturated rings. The Morgan fingerprint density at radius 1 is 1.50 bits per heavy atom. The molecule has 74 valence electrons. The van der Waals surface area contributed by atoms with Gasteiger partial charge in [0.1, 0.15) is 0 Å². The van der Waals surface area contributed by atoms with Crippen molar-refractivity contribution >= 4 is 17.2 Å². The molecule has 0 saturated carbocycles. The minimum Gasteiger partial charge on any atom is -0.311 e. The van der Waals surface area contributed by atoms with E-state index in [0.717, 1.165) is 13.1 Å². The summed E-state index contributed by atoms with van der Waals surface area (Å²) in [7, 11) is 0. The summed E-state index contributed by atoms with van der Waals surface area (Å²) in [5, 5.41) is 3.37. The fraction of sp³-hybridized carbons (Fsp3) is 0.364. The van der Waals surface area contributed by atoms with Crippen LogP contribution in [0.5, 0.6) is 0 Å². The summed E-state index contributed by atoms with van der Waals surface area (Å²) in [6.45, 7) is 3.78. The predicted molar refractivity (Wildman–Crippen MR) is 59.5 cm³/mol. The molecule has 0 spiro atoms. The van der Waals surface area contributed by atoms with E-state index in [4.69, 9.17) is 11.6 Å². The van der Waals surface area contributed by atoms with E-state index < -0.39 is 0 Å². The van der Waals surface area contributed by atoms with Gasteiger partial charge in [0.2, 0.25) is 0 Å². The molecule has 0 bridgehead atoms. The molecule has 1 aliphatic heterocycles. The smallest absolute Gasteiger partial charge is 0.0647 e. The number of nitrogens with zero attached hydrogens (tertiary/aromatic N) is 1. The molecule has 0 amide bonds. The quantitative estimate of drug-likeness (QED) is 0.714. The lowest BCUT2D eigenvalue weighted by Gasteiger charge is -2.18.